The highest BCUT2D eigenvalue weighted by atomic mass is 35.5. The van der Waals surface area contributed by atoms with Gasteiger partial charge in [-0.3, -0.25) is 0 Å². The molecule has 0 saturated carbocycles. The summed E-state index contributed by atoms with van der Waals surface area (Å²) < 4.78 is 0. The zero-order chi connectivity index (χ0) is 11.5. The third-order valence-corrected chi connectivity index (χ3v) is 2.94. The van der Waals surface area contributed by atoms with Gasteiger partial charge in [-0.25, -0.2) is 0 Å². The summed E-state index contributed by atoms with van der Waals surface area (Å²) in [5, 5.41) is 0.767. The number of hydrogen-bond donors (Lipinski definition) is 1. The summed E-state index contributed by atoms with van der Waals surface area (Å²) in [5.41, 5.74) is 10.3. The lowest BCUT2D eigenvalue weighted by Crippen LogP contribution is -1.95. The van der Waals surface area contributed by atoms with Crippen molar-refractivity contribution in [2.45, 2.75) is 13.5 Å². The molecule has 0 radical (unpaired) electrons. The Morgan fingerprint density at radius 2 is 1.71 bits per heavy atom. The molecule has 1 nitrogen and oxygen atoms in total. The number of rotatable bonds is 2. The fourth-order valence-electron chi connectivity index (χ4n) is 1.73. The number of nitrogens with two attached hydrogens (primary N) is 1. The van der Waals surface area contributed by atoms with E-state index in [4.69, 9.17) is 17.3 Å². The van der Waals surface area contributed by atoms with E-state index in [0.717, 1.165) is 10.6 Å². The van der Waals surface area contributed by atoms with Gasteiger partial charge in [-0.15, -0.1) is 12.4 Å². The molecule has 0 atom stereocenters. The van der Waals surface area contributed by atoms with Crippen molar-refractivity contribution < 1.29 is 0 Å². The zero-order valence-electron chi connectivity index (χ0n) is 9.61. The van der Waals surface area contributed by atoms with E-state index in [0.29, 0.717) is 6.54 Å². The Bertz CT molecular complexity index is 492. The second-order valence-corrected chi connectivity index (χ2v) is 4.30. The molecule has 0 aliphatic carbocycles. The molecule has 0 spiro atoms. The van der Waals surface area contributed by atoms with Gasteiger partial charge in [0.05, 0.1) is 0 Å². The molecule has 2 N–H and O–H groups in total. The molecule has 17 heavy (non-hydrogen) atoms. The predicted molar refractivity (Wildman–Crippen MR) is 76.8 cm³/mol. The predicted octanol–water partition coefficient (Wildman–Crippen LogP) is 4.20. The SMILES string of the molecule is Cc1ccc(Cl)cc1-c1ccc(CN)cc1.Cl. The Morgan fingerprint density at radius 1 is 1.06 bits per heavy atom. The van der Waals surface area contributed by atoms with Crippen LogP contribution in [0.5, 0.6) is 0 Å². The lowest BCUT2D eigenvalue weighted by atomic mass is 10.00. The van der Waals surface area contributed by atoms with Gasteiger partial charge in [0, 0.05) is 11.6 Å². The first-order valence-electron chi connectivity index (χ1n) is 5.26. The fourth-order valence-corrected chi connectivity index (χ4v) is 1.90. The number of hydrogen-bond acceptors (Lipinski definition) is 1. The van der Waals surface area contributed by atoms with E-state index in [-0.39, 0.29) is 12.4 Å². The third kappa shape index (κ3) is 3.22. The van der Waals surface area contributed by atoms with E-state index in [2.05, 4.69) is 31.2 Å². The number of benzene rings is 2. The summed E-state index contributed by atoms with van der Waals surface area (Å²) in [6.45, 7) is 2.66. The molecule has 0 fully saturated rings. The lowest BCUT2D eigenvalue weighted by Gasteiger charge is -2.07. The monoisotopic (exact) mass is 267 g/mol. The Hall–Kier alpha value is -1.02. The molecule has 3 heteroatoms. The van der Waals surface area contributed by atoms with Crippen LogP contribution in [0.2, 0.25) is 5.02 Å². The Balaban J connectivity index is 0.00000144. The molecule has 2 aromatic rings. The summed E-state index contributed by atoms with van der Waals surface area (Å²) in [5.74, 6) is 0. The molecule has 0 aliphatic heterocycles. The van der Waals surface area contributed by atoms with Crippen LogP contribution in [0.3, 0.4) is 0 Å². The molecule has 0 heterocycles. The molecule has 0 aromatic heterocycles. The van der Waals surface area contributed by atoms with Crippen LogP contribution < -0.4 is 5.73 Å². The van der Waals surface area contributed by atoms with Crippen LogP contribution in [-0.4, -0.2) is 0 Å². The summed E-state index contributed by atoms with van der Waals surface area (Å²) in [7, 11) is 0. The zero-order valence-corrected chi connectivity index (χ0v) is 11.2. The quantitative estimate of drug-likeness (QED) is 0.868. The maximum absolute atomic E-state index is 6.01. The highest BCUT2D eigenvalue weighted by Gasteiger charge is 2.02. The summed E-state index contributed by atoms with van der Waals surface area (Å²) in [6, 6.07) is 14.2. The molecule has 90 valence electrons. The van der Waals surface area contributed by atoms with E-state index in [1.165, 1.54) is 16.7 Å². The third-order valence-electron chi connectivity index (χ3n) is 2.70. The smallest absolute Gasteiger partial charge is 0.0412 e. The Morgan fingerprint density at radius 3 is 2.29 bits per heavy atom. The second kappa shape index (κ2) is 6.06. The van der Waals surface area contributed by atoms with Gasteiger partial charge in [-0.1, -0.05) is 41.9 Å². The minimum absolute atomic E-state index is 0. The Kier molecular flexibility index (Phi) is 5.01. The first-order valence-corrected chi connectivity index (χ1v) is 5.64. The summed E-state index contributed by atoms with van der Waals surface area (Å²) in [6.07, 6.45) is 0. The first kappa shape index (κ1) is 14.0. The minimum atomic E-state index is 0. The maximum atomic E-state index is 6.01. The average molecular weight is 268 g/mol. The van der Waals surface area contributed by atoms with E-state index in [1.807, 2.05) is 18.2 Å². The van der Waals surface area contributed by atoms with Gasteiger partial charge in [0.25, 0.3) is 0 Å². The molecular weight excluding hydrogens is 253 g/mol. The normalized spacial score (nSPS) is 9.82. The average Bonchev–Trinajstić information content (AvgIpc) is 2.32. The van der Waals surface area contributed by atoms with Crippen LogP contribution in [0.1, 0.15) is 11.1 Å². The molecule has 0 saturated heterocycles. The van der Waals surface area contributed by atoms with Crippen LogP contribution in [0.15, 0.2) is 42.5 Å². The van der Waals surface area contributed by atoms with Crippen molar-refractivity contribution in [3.05, 3.63) is 58.6 Å². The van der Waals surface area contributed by atoms with Crippen LogP contribution in [0, 0.1) is 6.92 Å². The van der Waals surface area contributed by atoms with Crippen molar-refractivity contribution in [1.29, 1.82) is 0 Å². The molecular formula is C14H15Cl2N. The van der Waals surface area contributed by atoms with E-state index in [1.54, 1.807) is 0 Å². The van der Waals surface area contributed by atoms with Crippen molar-refractivity contribution in [3.8, 4) is 11.1 Å². The van der Waals surface area contributed by atoms with Crippen molar-refractivity contribution >= 4 is 24.0 Å². The van der Waals surface area contributed by atoms with Gasteiger partial charge >= 0.3 is 0 Å². The summed E-state index contributed by atoms with van der Waals surface area (Å²) in [4.78, 5) is 0. The van der Waals surface area contributed by atoms with Gasteiger partial charge in [0.2, 0.25) is 0 Å². The molecule has 0 aliphatic rings. The number of aryl methyl sites for hydroxylation is 1. The van der Waals surface area contributed by atoms with Gasteiger partial charge in [0.1, 0.15) is 0 Å². The summed E-state index contributed by atoms with van der Waals surface area (Å²) >= 11 is 6.01. The number of halogens is 2. The van der Waals surface area contributed by atoms with Crippen molar-refractivity contribution in [1.82, 2.24) is 0 Å². The maximum Gasteiger partial charge on any atom is 0.0412 e. The van der Waals surface area contributed by atoms with Gasteiger partial charge in [-0.05, 0) is 41.3 Å². The van der Waals surface area contributed by atoms with E-state index >= 15 is 0 Å². The van der Waals surface area contributed by atoms with Crippen LogP contribution in [0.25, 0.3) is 11.1 Å². The molecule has 0 bridgehead atoms. The molecule has 0 amide bonds. The standard InChI is InChI=1S/C14H14ClN.ClH/c1-10-2-7-13(15)8-14(10)12-5-3-11(9-16)4-6-12;/h2-8H,9,16H2,1H3;1H. The largest absolute Gasteiger partial charge is 0.326 e. The van der Waals surface area contributed by atoms with Crippen molar-refractivity contribution in [2.75, 3.05) is 0 Å². The van der Waals surface area contributed by atoms with Gasteiger partial charge in [-0.2, -0.15) is 0 Å². The molecule has 0 unspecified atom stereocenters. The molecule has 2 aromatic carbocycles. The first-order chi connectivity index (χ1) is 7.70. The van der Waals surface area contributed by atoms with Gasteiger partial charge in [0.15, 0.2) is 0 Å². The highest BCUT2D eigenvalue weighted by molar-refractivity contribution is 6.30. The second-order valence-electron chi connectivity index (χ2n) is 3.86. The Labute approximate surface area is 113 Å². The lowest BCUT2D eigenvalue weighted by molar-refractivity contribution is 1.07. The van der Waals surface area contributed by atoms with Gasteiger partial charge < -0.3 is 5.73 Å². The minimum Gasteiger partial charge on any atom is -0.326 e. The van der Waals surface area contributed by atoms with E-state index < -0.39 is 0 Å². The van der Waals surface area contributed by atoms with Crippen LogP contribution >= 0.6 is 24.0 Å². The van der Waals surface area contributed by atoms with Crippen LogP contribution in [-0.2, 0) is 6.54 Å². The van der Waals surface area contributed by atoms with Crippen molar-refractivity contribution in [3.63, 3.8) is 0 Å². The molecule has 2 rings (SSSR count). The van der Waals surface area contributed by atoms with E-state index in [9.17, 15) is 0 Å². The van der Waals surface area contributed by atoms with Crippen molar-refractivity contribution in [2.24, 2.45) is 5.73 Å². The topological polar surface area (TPSA) is 26.0 Å². The highest BCUT2D eigenvalue weighted by Crippen LogP contribution is 2.26. The van der Waals surface area contributed by atoms with Crippen LogP contribution in [0.4, 0.5) is 0 Å². The fraction of sp³-hybridized carbons (Fsp3) is 0.143.